The molecule has 0 heterocycles. The van der Waals surface area contributed by atoms with Gasteiger partial charge in [0.25, 0.3) is 0 Å². The van der Waals surface area contributed by atoms with Crippen LogP contribution in [0.2, 0.25) is 0 Å². The summed E-state index contributed by atoms with van der Waals surface area (Å²) < 4.78 is 16.9. The Morgan fingerprint density at radius 1 is 1.11 bits per heavy atom. The third kappa shape index (κ3) is 6.35. The highest BCUT2D eigenvalue weighted by Gasteiger charge is 1.99. The number of benzene rings is 1. The van der Waals surface area contributed by atoms with Crippen LogP contribution in [-0.4, -0.2) is 33.5 Å². The van der Waals surface area contributed by atoms with Crippen LogP contribution in [0.15, 0.2) is 22.7 Å². The number of methoxy groups -OCH3 is 1. The predicted molar refractivity (Wildman–Crippen MR) is 74.8 cm³/mol. The van der Waals surface area contributed by atoms with Crippen LogP contribution >= 0.6 is 15.9 Å². The number of rotatable bonds is 9. The first-order valence-electron chi connectivity index (χ1n) is 5.95. The van der Waals surface area contributed by atoms with Gasteiger partial charge in [0.1, 0.15) is 12.4 Å². The van der Waals surface area contributed by atoms with E-state index in [0.717, 1.165) is 28.8 Å². The molecule has 0 aromatic heterocycles. The molecule has 5 heteroatoms. The minimum atomic E-state index is 0.503. The maximum atomic E-state index is 5.60. The van der Waals surface area contributed by atoms with Crippen LogP contribution in [0.1, 0.15) is 12.0 Å². The Bertz CT molecular complexity index is 347. The molecule has 0 bridgehead atoms. The molecule has 0 aliphatic carbocycles. The van der Waals surface area contributed by atoms with Crippen molar-refractivity contribution in [2.45, 2.75) is 13.0 Å². The van der Waals surface area contributed by atoms with Gasteiger partial charge in [-0.2, -0.15) is 0 Å². The van der Waals surface area contributed by atoms with Gasteiger partial charge in [-0.3, -0.25) is 0 Å². The van der Waals surface area contributed by atoms with Crippen LogP contribution < -0.4 is 10.5 Å². The van der Waals surface area contributed by atoms with E-state index >= 15 is 0 Å². The molecule has 0 radical (unpaired) electrons. The number of hydrogen-bond acceptors (Lipinski definition) is 4. The zero-order chi connectivity index (χ0) is 13.2. The van der Waals surface area contributed by atoms with Crippen LogP contribution in [0.3, 0.4) is 0 Å². The normalized spacial score (nSPS) is 10.6. The average molecular weight is 318 g/mol. The van der Waals surface area contributed by atoms with E-state index in [9.17, 15) is 0 Å². The molecule has 2 N–H and O–H groups in total. The molecule has 0 fully saturated rings. The van der Waals surface area contributed by atoms with E-state index in [1.54, 1.807) is 7.11 Å². The fraction of sp³-hybridized carbons (Fsp3) is 0.538. The smallest absolute Gasteiger partial charge is 0.120 e. The first-order chi connectivity index (χ1) is 8.76. The van der Waals surface area contributed by atoms with Crippen LogP contribution in [0.5, 0.6) is 5.75 Å². The molecule has 0 unspecified atom stereocenters. The van der Waals surface area contributed by atoms with Gasteiger partial charge in [-0.25, -0.2) is 0 Å². The van der Waals surface area contributed by atoms with Crippen LogP contribution in [0, 0.1) is 0 Å². The van der Waals surface area contributed by atoms with Gasteiger partial charge < -0.3 is 19.9 Å². The molecule has 0 aliphatic rings. The van der Waals surface area contributed by atoms with Gasteiger partial charge >= 0.3 is 0 Å². The lowest BCUT2D eigenvalue weighted by molar-refractivity contribution is 0.0806. The topological polar surface area (TPSA) is 53.7 Å². The highest BCUT2D eigenvalue weighted by atomic mass is 79.9. The van der Waals surface area contributed by atoms with E-state index in [2.05, 4.69) is 15.9 Å². The summed E-state index contributed by atoms with van der Waals surface area (Å²) in [6.45, 7) is 3.04. The van der Waals surface area contributed by atoms with E-state index in [1.807, 2.05) is 18.2 Å². The summed E-state index contributed by atoms with van der Waals surface area (Å²) in [5.74, 6) is 0.810. The fourth-order valence-corrected chi connectivity index (χ4v) is 1.97. The van der Waals surface area contributed by atoms with Crippen LogP contribution in [0.25, 0.3) is 0 Å². The number of ether oxygens (including phenoxy) is 3. The fourth-order valence-electron chi connectivity index (χ4n) is 1.45. The van der Waals surface area contributed by atoms with Gasteiger partial charge in [0.2, 0.25) is 0 Å². The molecule has 1 aromatic carbocycles. The highest BCUT2D eigenvalue weighted by Crippen LogP contribution is 2.21. The minimum absolute atomic E-state index is 0.503. The van der Waals surface area contributed by atoms with Gasteiger partial charge in [0.05, 0.1) is 6.61 Å². The van der Waals surface area contributed by atoms with Crippen molar-refractivity contribution in [3.05, 3.63) is 28.2 Å². The number of halogens is 1. The Morgan fingerprint density at radius 2 is 1.94 bits per heavy atom. The van der Waals surface area contributed by atoms with Crippen molar-refractivity contribution in [2.75, 3.05) is 33.5 Å². The summed E-state index contributed by atoms with van der Waals surface area (Å²) in [6, 6.07) is 5.84. The molecule has 0 amide bonds. The first-order valence-corrected chi connectivity index (χ1v) is 6.74. The van der Waals surface area contributed by atoms with Crippen molar-refractivity contribution in [3.63, 3.8) is 0 Å². The van der Waals surface area contributed by atoms with Gasteiger partial charge in [-0.15, -0.1) is 0 Å². The van der Waals surface area contributed by atoms with Crippen molar-refractivity contribution >= 4 is 15.9 Å². The monoisotopic (exact) mass is 317 g/mol. The lowest BCUT2D eigenvalue weighted by Gasteiger charge is -2.09. The lowest BCUT2D eigenvalue weighted by atomic mass is 10.2. The van der Waals surface area contributed by atoms with E-state index < -0.39 is 0 Å². The molecule has 0 saturated heterocycles. The molecule has 0 saturated carbocycles. The predicted octanol–water partition coefficient (Wildman–Crippen LogP) is 2.34. The van der Waals surface area contributed by atoms with Crippen molar-refractivity contribution in [2.24, 2.45) is 5.73 Å². The SMILES string of the molecule is COCCCOCCOc1cc(Br)cc(CN)c1. The van der Waals surface area contributed by atoms with E-state index in [0.29, 0.717) is 26.4 Å². The summed E-state index contributed by atoms with van der Waals surface area (Å²) in [4.78, 5) is 0. The van der Waals surface area contributed by atoms with Gasteiger partial charge in [-0.05, 0) is 30.2 Å². The van der Waals surface area contributed by atoms with Gasteiger partial charge in [0, 0.05) is 31.3 Å². The molecule has 0 aliphatic heterocycles. The quantitative estimate of drug-likeness (QED) is 0.710. The molecular weight excluding hydrogens is 298 g/mol. The third-order valence-corrected chi connectivity index (χ3v) is 2.76. The maximum absolute atomic E-state index is 5.60. The average Bonchev–Trinajstić information content (AvgIpc) is 2.37. The summed E-state index contributed by atoms with van der Waals surface area (Å²) in [5, 5.41) is 0. The Labute approximate surface area is 117 Å². The second-order valence-electron chi connectivity index (χ2n) is 3.81. The third-order valence-electron chi connectivity index (χ3n) is 2.30. The molecule has 4 nitrogen and oxygen atoms in total. The second kappa shape index (κ2) is 9.33. The van der Waals surface area contributed by atoms with Crippen molar-refractivity contribution in [3.8, 4) is 5.75 Å². The lowest BCUT2D eigenvalue weighted by Crippen LogP contribution is -2.09. The Morgan fingerprint density at radius 3 is 2.67 bits per heavy atom. The zero-order valence-corrected chi connectivity index (χ0v) is 12.2. The second-order valence-corrected chi connectivity index (χ2v) is 4.72. The Hall–Kier alpha value is -0.620. The summed E-state index contributed by atoms with van der Waals surface area (Å²) >= 11 is 3.42. The zero-order valence-electron chi connectivity index (χ0n) is 10.7. The Kier molecular flexibility index (Phi) is 8.00. The molecular formula is C13H20BrNO3. The van der Waals surface area contributed by atoms with E-state index in [1.165, 1.54) is 0 Å². The van der Waals surface area contributed by atoms with Crippen molar-refractivity contribution in [1.29, 1.82) is 0 Å². The molecule has 0 atom stereocenters. The Balaban J connectivity index is 2.20. The van der Waals surface area contributed by atoms with Gasteiger partial charge in [-0.1, -0.05) is 15.9 Å². The molecule has 1 rings (SSSR count). The van der Waals surface area contributed by atoms with Gasteiger partial charge in [0.15, 0.2) is 0 Å². The van der Waals surface area contributed by atoms with E-state index in [-0.39, 0.29) is 0 Å². The first kappa shape index (κ1) is 15.4. The minimum Gasteiger partial charge on any atom is -0.491 e. The highest BCUT2D eigenvalue weighted by molar-refractivity contribution is 9.10. The summed E-state index contributed by atoms with van der Waals surface area (Å²) in [7, 11) is 1.69. The number of hydrogen-bond donors (Lipinski definition) is 1. The summed E-state index contributed by atoms with van der Waals surface area (Å²) in [5.41, 5.74) is 6.64. The molecule has 1 aromatic rings. The molecule has 18 heavy (non-hydrogen) atoms. The number of nitrogens with two attached hydrogens (primary N) is 1. The standard InChI is InChI=1S/C13H20BrNO3/c1-16-3-2-4-17-5-6-18-13-8-11(10-15)7-12(14)9-13/h7-9H,2-6,10,15H2,1H3. The summed E-state index contributed by atoms with van der Waals surface area (Å²) in [6.07, 6.45) is 0.907. The molecule has 102 valence electrons. The van der Waals surface area contributed by atoms with Crippen molar-refractivity contribution < 1.29 is 14.2 Å². The van der Waals surface area contributed by atoms with Crippen LogP contribution in [-0.2, 0) is 16.0 Å². The largest absolute Gasteiger partial charge is 0.491 e. The maximum Gasteiger partial charge on any atom is 0.120 e. The van der Waals surface area contributed by atoms with Crippen molar-refractivity contribution in [1.82, 2.24) is 0 Å². The van der Waals surface area contributed by atoms with E-state index in [4.69, 9.17) is 19.9 Å². The molecule has 0 spiro atoms. The van der Waals surface area contributed by atoms with Crippen LogP contribution in [0.4, 0.5) is 0 Å².